The predicted molar refractivity (Wildman–Crippen MR) is 102 cm³/mol. The molecule has 1 fully saturated rings. The fourth-order valence-electron chi connectivity index (χ4n) is 2.78. The van der Waals surface area contributed by atoms with Crippen LogP contribution in [-0.4, -0.2) is 31.0 Å². The lowest BCUT2D eigenvalue weighted by Crippen LogP contribution is -2.08. The van der Waals surface area contributed by atoms with Gasteiger partial charge in [0.1, 0.15) is 0 Å². The van der Waals surface area contributed by atoms with Gasteiger partial charge in [0.15, 0.2) is 5.82 Å². The molecule has 3 aromatic rings. The number of nitro benzene ring substituents is 1. The lowest BCUT2D eigenvalue weighted by atomic mass is 10.1. The zero-order chi connectivity index (χ0) is 19.5. The maximum atomic E-state index is 12.2. The topological polar surface area (TPSA) is 116 Å². The second-order valence-electron chi connectivity index (χ2n) is 6.43. The van der Waals surface area contributed by atoms with E-state index in [1.807, 2.05) is 22.9 Å². The Morgan fingerprint density at radius 1 is 1.21 bits per heavy atom. The molecule has 0 atom stereocenters. The van der Waals surface area contributed by atoms with Crippen molar-refractivity contribution >= 4 is 23.4 Å². The first kappa shape index (κ1) is 17.5. The standard InChI is InChI=1S/C19H16N6O3/c26-18(10-7-13-3-1-6-17(11-13)25(27)28)20-15-5-2-4-14(12-15)19-21-22-23-24(19)16-8-9-16/h1-7,10-12,16H,8-9H2,(H,20,26)/b10-7+. The van der Waals surface area contributed by atoms with Gasteiger partial charge in [0.05, 0.1) is 11.0 Å². The molecule has 0 unspecified atom stereocenters. The van der Waals surface area contributed by atoms with Crippen LogP contribution in [0.25, 0.3) is 17.5 Å². The van der Waals surface area contributed by atoms with E-state index in [1.54, 1.807) is 18.2 Å². The SMILES string of the molecule is O=C(/C=C/c1cccc([N+](=O)[O-])c1)Nc1cccc(-c2nnnn2C2CC2)c1. The molecule has 28 heavy (non-hydrogen) atoms. The summed E-state index contributed by atoms with van der Waals surface area (Å²) in [5.74, 6) is 0.330. The molecule has 9 heteroatoms. The van der Waals surface area contributed by atoms with Crippen molar-refractivity contribution in [1.29, 1.82) is 0 Å². The third-order valence-corrected chi connectivity index (χ3v) is 4.28. The van der Waals surface area contributed by atoms with E-state index in [4.69, 9.17) is 0 Å². The Kier molecular flexibility index (Phi) is 4.63. The summed E-state index contributed by atoms with van der Waals surface area (Å²) < 4.78 is 1.81. The van der Waals surface area contributed by atoms with E-state index < -0.39 is 4.92 Å². The first-order valence-electron chi connectivity index (χ1n) is 8.72. The van der Waals surface area contributed by atoms with Crippen molar-refractivity contribution in [3.63, 3.8) is 0 Å². The highest BCUT2D eigenvalue weighted by atomic mass is 16.6. The molecule has 0 spiro atoms. The highest BCUT2D eigenvalue weighted by molar-refractivity contribution is 6.02. The van der Waals surface area contributed by atoms with Crippen LogP contribution in [0, 0.1) is 10.1 Å². The minimum Gasteiger partial charge on any atom is -0.322 e. The van der Waals surface area contributed by atoms with E-state index in [0.29, 0.717) is 23.1 Å². The zero-order valence-electron chi connectivity index (χ0n) is 14.7. The smallest absolute Gasteiger partial charge is 0.270 e. The first-order chi connectivity index (χ1) is 13.6. The van der Waals surface area contributed by atoms with Gasteiger partial charge in [0, 0.05) is 29.5 Å². The first-order valence-corrected chi connectivity index (χ1v) is 8.72. The molecular weight excluding hydrogens is 360 g/mol. The van der Waals surface area contributed by atoms with Crippen molar-refractivity contribution in [3.05, 3.63) is 70.3 Å². The molecule has 0 aliphatic heterocycles. The van der Waals surface area contributed by atoms with E-state index in [9.17, 15) is 14.9 Å². The number of aromatic nitrogens is 4. The van der Waals surface area contributed by atoms with Gasteiger partial charge in [-0.1, -0.05) is 24.3 Å². The highest BCUT2D eigenvalue weighted by Crippen LogP contribution is 2.36. The van der Waals surface area contributed by atoms with Crippen LogP contribution >= 0.6 is 0 Å². The number of nitrogens with zero attached hydrogens (tertiary/aromatic N) is 5. The third kappa shape index (κ3) is 3.93. The molecule has 4 rings (SSSR count). The van der Waals surface area contributed by atoms with Crippen LogP contribution in [-0.2, 0) is 4.79 Å². The number of tetrazole rings is 1. The number of rotatable bonds is 6. The normalized spacial score (nSPS) is 13.6. The predicted octanol–water partition coefficient (Wildman–Crippen LogP) is 3.24. The maximum Gasteiger partial charge on any atom is 0.270 e. The Morgan fingerprint density at radius 2 is 2.04 bits per heavy atom. The van der Waals surface area contributed by atoms with Gasteiger partial charge < -0.3 is 5.32 Å². The minimum absolute atomic E-state index is 0.0244. The van der Waals surface area contributed by atoms with Crippen LogP contribution in [0.1, 0.15) is 24.4 Å². The highest BCUT2D eigenvalue weighted by Gasteiger charge is 2.28. The van der Waals surface area contributed by atoms with Gasteiger partial charge >= 0.3 is 0 Å². The summed E-state index contributed by atoms with van der Waals surface area (Å²) in [6.07, 6.45) is 4.99. The molecule has 140 valence electrons. The second-order valence-corrected chi connectivity index (χ2v) is 6.43. The van der Waals surface area contributed by atoms with Crippen LogP contribution < -0.4 is 5.32 Å². The van der Waals surface area contributed by atoms with E-state index in [0.717, 1.165) is 18.4 Å². The van der Waals surface area contributed by atoms with Gasteiger partial charge in [0.25, 0.3) is 5.69 Å². The van der Waals surface area contributed by atoms with Crippen molar-refractivity contribution in [1.82, 2.24) is 20.2 Å². The molecule has 1 amide bonds. The molecule has 0 bridgehead atoms. The van der Waals surface area contributed by atoms with Crippen molar-refractivity contribution in [2.24, 2.45) is 0 Å². The number of amides is 1. The van der Waals surface area contributed by atoms with Gasteiger partial charge in [-0.3, -0.25) is 14.9 Å². The van der Waals surface area contributed by atoms with Crippen molar-refractivity contribution in [2.45, 2.75) is 18.9 Å². The summed E-state index contributed by atoms with van der Waals surface area (Å²) in [6, 6.07) is 13.7. The Bertz CT molecular complexity index is 1070. The van der Waals surface area contributed by atoms with Gasteiger partial charge in [-0.25, -0.2) is 4.68 Å². The largest absolute Gasteiger partial charge is 0.322 e. The molecule has 1 N–H and O–H groups in total. The number of hydrogen-bond donors (Lipinski definition) is 1. The number of benzene rings is 2. The summed E-state index contributed by atoms with van der Waals surface area (Å²) >= 11 is 0. The van der Waals surface area contributed by atoms with Crippen molar-refractivity contribution < 1.29 is 9.72 Å². The number of nitrogens with one attached hydrogen (secondary N) is 1. The van der Waals surface area contributed by atoms with Crippen LogP contribution in [0.4, 0.5) is 11.4 Å². The van der Waals surface area contributed by atoms with Crippen LogP contribution in [0.3, 0.4) is 0 Å². The van der Waals surface area contributed by atoms with E-state index in [-0.39, 0.29) is 11.6 Å². The Balaban J connectivity index is 1.47. The quantitative estimate of drug-likeness (QED) is 0.401. The molecule has 1 aromatic heterocycles. The number of carbonyl (C=O) groups is 1. The Morgan fingerprint density at radius 3 is 2.82 bits per heavy atom. The Labute approximate surface area is 159 Å². The molecule has 1 heterocycles. The number of nitro groups is 1. The van der Waals surface area contributed by atoms with Crippen LogP contribution in [0.5, 0.6) is 0 Å². The van der Waals surface area contributed by atoms with Gasteiger partial charge in [-0.15, -0.1) is 5.10 Å². The van der Waals surface area contributed by atoms with E-state index >= 15 is 0 Å². The van der Waals surface area contributed by atoms with Crippen molar-refractivity contribution in [2.75, 3.05) is 5.32 Å². The summed E-state index contributed by atoms with van der Waals surface area (Å²) in [7, 11) is 0. The molecule has 1 aliphatic rings. The zero-order valence-corrected chi connectivity index (χ0v) is 14.7. The molecule has 0 saturated heterocycles. The fraction of sp³-hybridized carbons (Fsp3) is 0.158. The lowest BCUT2D eigenvalue weighted by Gasteiger charge is -2.06. The number of anilines is 1. The van der Waals surface area contributed by atoms with Gasteiger partial charge in [-0.05, 0) is 47.0 Å². The fourth-order valence-corrected chi connectivity index (χ4v) is 2.78. The number of carbonyl (C=O) groups excluding carboxylic acids is 1. The second kappa shape index (κ2) is 7.39. The lowest BCUT2D eigenvalue weighted by molar-refractivity contribution is -0.384. The molecule has 0 radical (unpaired) electrons. The summed E-state index contributed by atoms with van der Waals surface area (Å²) in [5, 5.41) is 25.5. The van der Waals surface area contributed by atoms with E-state index in [1.165, 1.54) is 24.3 Å². The molecule has 2 aromatic carbocycles. The average Bonchev–Trinajstić information content (AvgIpc) is 3.43. The molecule has 1 saturated carbocycles. The monoisotopic (exact) mass is 376 g/mol. The third-order valence-electron chi connectivity index (χ3n) is 4.28. The Hall–Kier alpha value is -3.88. The average molecular weight is 376 g/mol. The molecule has 1 aliphatic carbocycles. The van der Waals surface area contributed by atoms with Gasteiger partial charge in [0.2, 0.25) is 5.91 Å². The van der Waals surface area contributed by atoms with E-state index in [2.05, 4.69) is 20.8 Å². The molecule has 9 nitrogen and oxygen atoms in total. The van der Waals surface area contributed by atoms with Crippen LogP contribution in [0.15, 0.2) is 54.6 Å². The van der Waals surface area contributed by atoms with Gasteiger partial charge in [-0.2, -0.15) is 0 Å². The number of non-ortho nitro benzene ring substituents is 1. The van der Waals surface area contributed by atoms with Crippen LogP contribution in [0.2, 0.25) is 0 Å². The summed E-state index contributed by atoms with van der Waals surface area (Å²) in [5.41, 5.74) is 1.97. The summed E-state index contributed by atoms with van der Waals surface area (Å²) in [6.45, 7) is 0. The minimum atomic E-state index is -0.474. The number of hydrogen-bond acceptors (Lipinski definition) is 6. The van der Waals surface area contributed by atoms with Crippen molar-refractivity contribution in [3.8, 4) is 11.4 Å². The summed E-state index contributed by atoms with van der Waals surface area (Å²) in [4.78, 5) is 22.6. The molecular formula is C19H16N6O3. The maximum absolute atomic E-state index is 12.2.